The summed E-state index contributed by atoms with van der Waals surface area (Å²) < 4.78 is 0. The van der Waals surface area contributed by atoms with Crippen LogP contribution in [0.4, 0.5) is 0 Å². The van der Waals surface area contributed by atoms with Crippen LogP contribution in [-0.2, 0) is 0 Å². The normalized spacial score (nSPS) is 9.25. The molecule has 1 heterocycles. The van der Waals surface area contributed by atoms with Gasteiger partial charge in [0.05, 0.1) is 11.4 Å². The van der Waals surface area contributed by atoms with Crippen LogP contribution in [0, 0.1) is 13.8 Å². The quantitative estimate of drug-likeness (QED) is 0.493. The zero-order chi connectivity index (χ0) is 5.98. The van der Waals surface area contributed by atoms with Crippen LogP contribution in [0.15, 0.2) is 12.1 Å². The molecule has 0 fully saturated rings. The third-order valence-corrected chi connectivity index (χ3v) is 0.853. The minimum Gasteiger partial charge on any atom is -0.156 e. The molecular formula is C6H7N2. The van der Waals surface area contributed by atoms with Crippen molar-refractivity contribution in [3.63, 3.8) is 0 Å². The van der Waals surface area contributed by atoms with Crippen LogP contribution in [0.2, 0.25) is 0 Å². The second-order valence-electron chi connectivity index (χ2n) is 1.67. The summed E-state index contributed by atoms with van der Waals surface area (Å²) in [4.78, 5) is 0. The lowest BCUT2D eigenvalue weighted by molar-refractivity contribution is 0.961. The number of hydrogen-bond donors (Lipinski definition) is 0. The Morgan fingerprint density at radius 3 is 2.50 bits per heavy atom. The van der Waals surface area contributed by atoms with Gasteiger partial charge < -0.3 is 0 Å². The Bertz CT molecular complexity index is 145. The molecule has 2 nitrogen and oxygen atoms in total. The summed E-state index contributed by atoms with van der Waals surface area (Å²) in [5.74, 6) is 0. The molecule has 0 atom stereocenters. The van der Waals surface area contributed by atoms with Crippen molar-refractivity contribution in [1.82, 2.24) is 10.2 Å². The van der Waals surface area contributed by atoms with E-state index in [9.17, 15) is 0 Å². The second-order valence-corrected chi connectivity index (χ2v) is 1.67. The molecule has 0 aliphatic heterocycles. The first-order chi connectivity index (χ1) is 3.79. The van der Waals surface area contributed by atoms with Gasteiger partial charge in [0.2, 0.25) is 0 Å². The molecule has 0 aromatic carbocycles. The van der Waals surface area contributed by atoms with Crippen LogP contribution in [0.1, 0.15) is 11.4 Å². The highest BCUT2D eigenvalue weighted by Crippen LogP contribution is 1.90. The van der Waals surface area contributed by atoms with Gasteiger partial charge in [-0.1, -0.05) is 0 Å². The molecule has 1 radical (unpaired) electrons. The first kappa shape index (κ1) is 5.22. The fraction of sp³-hybridized carbons (Fsp3) is 0.167. The molecule has 41 valence electrons. The van der Waals surface area contributed by atoms with E-state index >= 15 is 0 Å². The number of nitrogens with zero attached hydrogens (tertiary/aromatic N) is 2. The van der Waals surface area contributed by atoms with Gasteiger partial charge in [-0.15, -0.1) is 0 Å². The van der Waals surface area contributed by atoms with E-state index in [1.54, 1.807) is 0 Å². The Kier molecular flexibility index (Phi) is 1.24. The topological polar surface area (TPSA) is 25.8 Å². The van der Waals surface area contributed by atoms with Crippen molar-refractivity contribution >= 4 is 0 Å². The molecule has 0 aliphatic rings. The predicted octanol–water partition coefficient (Wildman–Crippen LogP) is 0.967. The molecule has 0 saturated heterocycles. The van der Waals surface area contributed by atoms with E-state index in [0.29, 0.717) is 0 Å². The third-order valence-electron chi connectivity index (χ3n) is 0.853. The second kappa shape index (κ2) is 1.90. The van der Waals surface area contributed by atoms with E-state index in [0.717, 1.165) is 11.4 Å². The van der Waals surface area contributed by atoms with Crippen LogP contribution in [0.5, 0.6) is 0 Å². The minimum atomic E-state index is 0.718. The van der Waals surface area contributed by atoms with Gasteiger partial charge in [0.1, 0.15) is 0 Å². The molecule has 0 bridgehead atoms. The fourth-order valence-electron chi connectivity index (χ4n) is 0.427. The van der Waals surface area contributed by atoms with E-state index in [1.165, 1.54) is 0 Å². The Labute approximate surface area is 48.6 Å². The molecule has 0 aliphatic carbocycles. The van der Waals surface area contributed by atoms with Crippen molar-refractivity contribution in [2.24, 2.45) is 0 Å². The first-order valence-corrected chi connectivity index (χ1v) is 2.41. The predicted molar refractivity (Wildman–Crippen MR) is 31.2 cm³/mol. The first-order valence-electron chi connectivity index (χ1n) is 2.41. The van der Waals surface area contributed by atoms with Gasteiger partial charge in [-0.05, 0) is 26.0 Å². The Balaban J connectivity index is 3.03. The highest BCUT2D eigenvalue weighted by atomic mass is 15.1. The summed E-state index contributed by atoms with van der Waals surface area (Å²) in [6.45, 7) is 5.48. The smallest absolute Gasteiger partial charge is 0.0635 e. The third kappa shape index (κ3) is 1.03. The van der Waals surface area contributed by atoms with Crippen molar-refractivity contribution in [3.05, 3.63) is 30.4 Å². The van der Waals surface area contributed by atoms with Crippen molar-refractivity contribution in [1.29, 1.82) is 0 Å². The van der Waals surface area contributed by atoms with Crippen molar-refractivity contribution in [2.75, 3.05) is 0 Å². The highest BCUT2D eigenvalue weighted by Gasteiger charge is 1.83. The van der Waals surface area contributed by atoms with Gasteiger partial charge in [0.25, 0.3) is 0 Å². The maximum Gasteiger partial charge on any atom is 0.0635 e. The number of rotatable bonds is 0. The van der Waals surface area contributed by atoms with Gasteiger partial charge in [0, 0.05) is 0 Å². The van der Waals surface area contributed by atoms with Crippen LogP contribution < -0.4 is 0 Å². The molecular weight excluding hydrogens is 100 g/mol. The standard InChI is InChI=1S/C6H7N2/c1-5-3-4-6(2)8-7-5/h3-4H,1H2,2H3. The van der Waals surface area contributed by atoms with E-state index in [2.05, 4.69) is 17.1 Å². The summed E-state index contributed by atoms with van der Waals surface area (Å²) in [5.41, 5.74) is 1.65. The maximum absolute atomic E-state index is 3.77. The van der Waals surface area contributed by atoms with E-state index in [-0.39, 0.29) is 0 Å². The fourth-order valence-corrected chi connectivity index (χ4v) is 0.427. The monoisotopic (exact) mass is 107 g/mol. The maximum atomic E-state index is 3.77. The summed E-state index contributed by atoms with van der Waals surface area (Å²) in [7, 11) is 0. The zero-order valence-electron chi connectivity index (χ0n) is 4.76. The van der Waals surface area contributed by atoms with Gasteiger partial charge in [0.15, 0.2) is 0 Å². The number of hydrogen-bond acceptors (Lipinski definition) is 2. The lowest BCUT2D eigenvalue weighted by atomic mass is 10.4. The average molecular weight is 107 g/mol. The van der Waals surface area contributed by atoms with Crippen LogP contribution >= 0.6 is 0 Å². The molecule has 0 N–H and O–H groups in total. The average Bonchev–Trinajstić information content (AvgIpc) is 1.77. The van der Waals surface area contributed by atoms with Crippen molar-refractivity contribution in [3.8, 4) is 0 Å². The summed E-state index contributed by atoms with van der Waals surface area (Å²) >= 11 is 0. The lowest BCUT2D eigenvalue weighted by Crippen LogP contribution is -1.86. The molecule has 0 spiro atoms. The van der Waals surface area contributed by atoms with E-state index < -0.39 is 0 Å². The van der Waals surface area contributed by atoms with E-state index in [1.807, 2.05) is 19.1 Å². The molecule has 1 rings (SSSR count). The van der Waals surface area contributed by atoms with Crippen molar-refractivity contribution in [2.45, 2.75) is 6.92 Å². The van der Waals surface area contributed by atoms with Gasteiger partial charge in [-0.2, -0.15) is 10.2 Å². The highest BCUT2D eigenvalue weighted by molar-refractivity contribution is 5.06. The van der Waals surface area contributed by atoms with Crippen molar-refractivity contribution < 1.29 is 0 Å². The van der Waals surface area contributed by atoms with Gasteiger partial charge in [-0.25, -0.2) is 0 Å². The van der Waals surface area contributed by atoms with Gasteiger partial charge >= 0.3 is 0 Å². The molecule has 1 aromatic rings. The zero-order valence-corrected chi connectivity index (χ0v) is 4.76. The minimum absolute atomic E-state index is 0.718. The van der Waals surface area contributed by atoms with Crippen LogP contribution in [0.25, 0.3) is 0 Å². The SMILES string of the molecule is [CH2]c1ccc(C)nn1. The van der Waals surface area contributed by atoms with Crippen LogP contribution in [0.3, 0.4) is 0 Å². The Hall–Kier alpha value is -0.920. The molecule has 1 aromatic heterocycles. The molecule has 0 saturated carbocycles. The Morgan fingerprint density at radius 2 is 2.12 bits per heavy atom. The Morgan fingerprint density at radius 1 is 1.38 bits per heavy atom. The molecule has 0 amide bonds. The summed E-state index contributed by atoms with van der Waals surface area (Å²) in [6.07, 6.45) is 0. The van der Waals surface area contributed by atoms with Gasteiger partial charge in [-0.3, -0.25) is 0 Å². The lowest BCUT2D eigenvalue weighted by Gasteiger charge is -1.87. The largest absolute Gasteiger partial charge is 0.156 e. The van der Waals surface area contributed by atoms with E-state index in [4.69, 9.17) is 0 Å². The summed E-state index contributed by atoms with van der Waals surface area (Å²) in [5, 5.41) is 7.48. The van der Waals surface area contributed by atoms with Crippen LogP contribution in [-0.4, -0.2) is 10.2 Å². The molecule has 8 heavy (non-hydrogen) atoms. The number of aromatic nitrogens is 2. The molecule has 0 unspecified atom stereocenters. The summed E-state index contributed by atoms with van der Waals surface area (Å²) in [6, 6.07) is 3.72. The number of aryl methyl sites for hydroxylation is 1. The molecule has 2 heteroatoms.